The van der Waals surface area contributed by atoms with E-state index in [1.54, 1.807) is 0 Å². The third kappa shape index (κ3) is 8.17. The van der Waals surface area contributed by atoms with Crippen LogP contribution in [0.4, 0.5) is 0 Å². The predicted molar refractivity (Wildman–Crippen MR) is 106 cm³/mol. The number of nitrogens with one attached hydrogen (secondary N) is 2. The van der Waals surface area contributed by atoms with Crippen molar-refractivity contribution in [3.05, 3.63) is 16.6 Å². The zero-order chi connectivity index (χ0) is 22.1. The lowest BCUT2D eigenvalue weighted by molar-refractivity contribution is -0.139. The predicted octanol–water partition coefficient (Wildman–Crippen LogP) is -0.170. The number of carbonyl (C=O) groups is 4. The molecule has 2 atom stereocenters. The number of thioether (sulfide) groups is 1. The minimum Gasteiger partial charge on any atom is -0.507 e. The number of hydrogen-bond donors (Lipinski definition) is 7. The van der Waals surface area contributed by atoms with Crippen molar-refractivity contribution in [1.29, 1.82) is 0 Å². The Morgan fingerprint density at radius 3 is 2.34 bits per heavy atom. The second kappa shape index (κ2) is 11.5. The summed E-state index contributed by atoms with van der Waals surface area (Å²) >= 11 is 4.04. The molecule has 29 heavy (non-hydrogen) atoms. The monoisotopic (exact) mass is 493 g/mol. The summed E-state index contributed by atoms with van der Waals surface area (Å²) in [6.45, 7) is -0.666. The Labute approximate surface area is 177 Å². The summed E-state index contributed by atoms with van der Waals surface area (Å²) in [5, 5.41) is 41.6. The maximum atomic E-state index is 12.2. The van der Waals surface area contributed by atoms with Gasteiger partial charge in [-0.3, -0.25) is 19.2 Å². The largest absolute Gasteiger partial charge is 0.507 e. The van der Waals surface area contributed by atoms with E-state index in [4.69, 9.17) is 15.9 Å². The Balaban J connectivity index is 2.84. The molecule has 0 aliphatic carbocycles. The number of aliphatic carboxylic acids is 2. The fourth-order valence-corrected chi connectivity index (χ4v) is 3.68. The molecule has 0 aromatic heterocycles. The van der Waals surface area contributed by atoms with Gasteiger partial charge in [0.1, 0.15) is 30.1 Å². The molecule has 1 rings (SSSR count). The van der Waals surface area contributed by atoms with Gasteiger partial charge in [0, 0.05) is 12.2 Å². The molecule has 0 saturated heterocycles. The number of benzene rings is 1. The van der Waals surface area contributed by atoms with E-state index < -0.39 is 42.4 Å². The first-order chi connectivity index (χ1) is 13.5. The summed E-state index contributed by atoms with van der Waals surface area (Å²) in [5.74, 6) is -4.43. The van der Waals surface area contributed by atoms with Gasteiger partial charge in [-0.05, 0) is 34.5 Å². The molecule has 0 radical (unpaired) electrons. The third-order valence-electron chi connectivity index (χ3n) is 3.52. The van der Waals surface area contributed by atoms with Crippen LogP contribution in [0, 0.1) is 0 Å². The van der Waals surface area contributed by atoms with Crippen molar-refractivity contribution in [2.45, 2.75) is 29.8 Å². The van der Waals surface area contributed by atoms with Crippen LogP contribution in [0.5, 0.6) is 11.5 Å². The highest BCUT2D eigenvalue weighted by molar-refractivity contribution is 9.10. The molecule has 0 saturated carbocycles. The van der Waals surface area contributed by atoms with E-state index in [9.17, 15) is 29.4 Å². The average molecular weight is 494 g/mol. The van der Waals surface area contributed by atoms with E-state index in [0.29, 0.717) is 0 Å². The fraction of sp³-hybridized carbons (Fsp3) is 0.375. The molecule has 11 nitrogen and oxygen atoms in total. The Bertz CT molecular complexity index is 792. The van der Waals surface area contributed by atoms with Crippen molar-refractivity contribution in [2.75, 3.05) is 12.3 Å². The summed E-state index contributed by atoms with van der Waals surface area (Å²) in [6.07, 6.45) is -0.418. The van der Waals surface area contributed by atoms with Gasteiger partial charge in [0.2, 0.25) is 11.8 Å². The molecular weight excluding hydrogens is 474 g/mol. The number of aromatic hydroxyl groups is 2. The minimum absolute atomic E-state index is 0.113. The van der Waals surface area contributed by atoms with E-state index in [-0.39, 0.29) is 39.5 Å². The number of phenols is 2. The molecule has 0 heterocycles. The van der Waals surface area contributed by atoms with Crippen LogP contribution in [-0.2, 0) is 19.2 Å². The SMILES string of the molecule is NC(CCC(=O)NC(CSc1c(O)ccc(O)c1Br)C(=O)NCC(=O)O)C(=O)O. The number of carboxylic acids is 2. The minimum atomic E-state index is -1.28. The second-order valence-corrected chi connectivity index (χ2v) is 7.60. The topological polar surface area (TPSA) is 199 Å². The number of carboxylic acid groups (broad SMARTS) is 2. The Kier molecular flexibility index (Phi) is 9.71. The van der Waals surface area contributed by atoms with Crippen molar-refractivity contribution in [1.82, 2.24) is 10.6 Å². The first-order valence-corrected chi connectivity index (χ1v) is 9.91. The van der Waals surface area contributed by atoms with Crippen LogP contribution in [0.1, 0.15) is 12.8 Å². The van der Waals surface area contributed by atoms with Gasteiger partial charge >= 0.3 is 11.9 Å². The van der Waals surface area contributed by atoms with Gasteiger partial charge in [-0.2, -0.15) is 0 Å². The molecule has 0 aliphatic heterocycles. The molecule has 0 fully saturated rings. The van der Waals surface area contributed by atoms with Crippen LogP contribution in [-0.4, -0.2) is 68.6 Å². The first kappa shape index (κ1) is 24.5. The van der Waals surface area contributed by atoms with Crippen LogP contribution in [0.15, 0.2) is 21.5 Å². The smallest absolute Gasteiger partial charge is 0.322 e. The van der Waals surface area contributed by atoms with Crippen LogP contribution in [0.2, 0.25) is 0 Å². The van der Waals surface area contributed by atoms with Crippen molar-refractivity contribution < 1.29 is 39.6 Å². The van der Waals surface area contributed by atoms with Crippen LogP contribution >= 0.6 is 27.7 Å². The molecule has 2 amide bonds. The highest BCUT2D eigenvalue weighted by Crippen LogP contribution is 2.40. The third-order valence-corrected chi connectivity index (χ3v) is 5.78. The number of hydrogen-bond acceptors (Lipinski definition) is 8. The van der Waals surface area contributed by atoms with Crippen LogP contribution in [0.25, 0.3) is 0 Å². The summed E-state index contributed by atoms with van der Waals surface area (Å²) in [4.78, 5) is 45.9. The van der Waals surface area contributed by atoms with Crippen LogP contribution in [0.3, 0.4) is 0 Å². The van der Waals surface area contributed by atoms with Gasteiger partial charge < -0.3 is 36.8 Å². The zero-order valence-electron chi connectivity index (χ0n) is 14.9. The summed E-state index contributed by atoms with van der Waals surface area (Å²) < 4.78 is 0.186. The number of nitrogens with two attached hydrogens (primary N) is 1. The Morgan fingerprint density at radius 2 is 1.76 bits per heavy atom. The van der Waals surface area contributed by atoms with E-state index in [1.807, 2.05) is 0 Å². The van der Waals surface area contributed by atoms with Gasteiger partial charge in [0.25, 0.3) is 0 Å². The van der Waals surface area contributed by atoms with Crippen molar-refractivity contribution in [2.24, 2.45) is 5.73 Å². The highest BCUT2D eigenvalue weighted by atomic mass is 79.9. The summed E-state index contributed by atoms with van der Waals surface area (Å²) in [7, 11) is 0. The van der Waals surface area contributed by atoms with Crippen molar-refractivity contribution in [3.8, 4) is 11.5 Å². The number of carbonyl (C=O) groups excluding carboxylic acids is 2. The molecule has 0 aliphatic rings. The normalized spacial score (nSPS) is 12.6. The molecule has 1 aromatic rings. The Hall–Kier alpha value is -2.51. The molecule has 0 bridgehead atoms. The van der Waals surface area contributed by atoms with Gasteiger partial charge in [-0.15, -0.1) is 11.8 Å². The number of halogens is 1. The molecule has 2 unspecified atom stereocenters. The Morgan fingerprint density at radius 1 is 1.14 bits per heavy atom. The molecule has 1 aromatic carbocycles. The summed E-state index contributed by atoms with van der Waals surface area (Å²) in [6, 6.07) is 0.0677. The lowest BCUT2D eigenvalue weighted by Gasteiger charge is -2.19. The second-order valence-electron chi connectivity index (χ2n) is 5.77. The molecule has 8 N–H and O–H groups in total. The maximum absolute atomic E-state index is 12.2. The van der Waals surface area contributed by atoms with Crippen LogP contribution < -0.4 is 16.4 Å². The van der Waals surface area contributed by atoms with Gasteiger partial charge in [0.05, 0.1) is 9.37 Å². The van der Waals surface area contributed by atoms with Gasteiger partial charge in [0.15, 0.2) is 0 Å². The molecular formula is C16H20BrN3O8S. The zero-order valence-corrected chi connectivity index (χ0v) is 17.3. The van der Waals surface area contributed by atoms with Gasteiger partial charge in [-0.25, -0.2) is 0 Å². The average Bonchev–Trinajstić information content (AvgIpc) is 2.65. The summed E-state index contributed by atoms with van der Waals surface area (Å²) in [5.41, 5.74) is 5.33. The van der Waals surface area contributed by atoms with Crippen molar-refractivity contribution >= 4 is 51.4 Å². The number of amides is 2. The number of rotatable bonds is 11. The highest BCUT2D eigenvalue weighted by Gasteiger charge is 2.24. The molecule has 0 spiro atoms. The lowest BCUT2D eigenvalue weighted by Crippen LogP contribution is -2.49. The first-order valence-electron chi connectivity index (χ1n) is 8.13. The van der Waals surface area contributed by atoms with Gasteiger partial charge in [-0.1, -0.05) is 0 Å². The van der Waals surface area contributed by atoms with E-state index in [0.717, 1.165) is 11.8 Å². The van der Waals surface area contributed by atoms with E-state index >= 15 is 0 Å². The quantitative estimate of drug-likeness (QED) is 0.160. The van der Waals surface area contributed by atoms with E-state index in [1.165, 1.54) is 12.1 Å². The molecule has 13 heteroatoms. The number of phenolic OH excluding ortho intramolecular Hbond substituents is 2. The molecule has 160 valence electrons. The lowest BCUT2D eigenvalue weighted by atomic mass is 10.1. The standard InChI is InChI=1S/C16H20BrN3O8S/c17-13-9(21)2-3-10(22)14(13)29-6-8(15(26)19-5-12(24)25)20-11(23)4-1-7(18)16(27)28/h2-3,7-8,21-22H,1,4-6,18H2,(H,19,26)(H,20,23)(H,24,25)(H,27,28). The maximum Gasteiger partial charge on any atom is 0.322 e. The van der Waals surface area contributed by atoms with Crippen molar-refractivity contribution in [3.63, 3.8) is 0 Å². The fourth-order valence-electron chi connectivity index (χ4n) is 1.98. The van der Waals surface area contributed by atoms with E-state index in [2.05, 4.69) is 26.6 Å².